The molecule has 152 valence electrons. The van der Waals surface area contributed by atoms with Gasteiger partial charge in [-0.3, -0.25) is 4.79 Å². The van der Waals surface area contributed by atoms with Crippen LogP contribution in [0.25, 0.3) is 0 Å². The Bertz CT molecular complexity index is 798. The molecule has 1 aliphatic rings. The SMILES string of the molecule is Cc1c(N2C(=O)CCCC2CC#CCOCC(=O)O)ccc(C(C)(C)O)c1C. The number of carboxylic acid groups (broad SMARTS) is 1. The maximum Gasteiger partial charge on any atom is 0.329 e. The molecule has 0 saturated carbocycles. The van der Waals surface area contributed by atoms with Gasteiger partial charge >= 0.3 is 5.97 Å². The minimum Gasteiger partial charge on any atom is -0.480 e. The Morgan fingerprint density at radius 2 is 2.00 bits per heavy atom. The molecule has 0 radical (unpaired) electrons. The molecule has 28 heavy (non-hydrogen) atoms. The van der Waals surface area contributed by atoms with Crippen LogP contribution in [0, 0.1) is 25.7 Å². The van der Waals surface area contributed by atoms with Gasteiger partial charge in [0.25, 0.3) is 0 Å². The van der Waals surface area contributed by atoms with Crippen molar-refractivity contribution < 1.29 is 24.5 Å². The van der Waals surface area contributed by atoms with Crippen molar-refractivity contribution in [2.45, 2.75) is 65.0 Å². The van der Waals surface area contributed by atoms with E-state index in [0.717, 1.165) is 35.2 Å². The first kappa shape index (κ1) is 21.9. The molecule has 1 aliphatic heterocycles. The van der Waals surface area contributed by atoms with E-state index in [1.165, 1.54) is 0 Å². The molecule has 1 atom stereocenters. The fourth-order valence-corrected chi connectivity index (χ4v) is 3.63. The van der Waals surface area contributed by atoms with E-state index in [-0.39, 0.29) is 25.2 Å². The maximum absolute atomic E-state index is 12.7. The third-order valence-electron chi connectivity index (χ3n) is 5.10. The van der Waals surface area contributed by atoms with E-state index in [1.54, 1.807) is 13.8 Å². The predicted octanol–water partition coefficient (Wildman–Crippen LogP) is 2.91. The van der Waals surface area contributed by atoms with E-state index in [4.69, 9.17) is 9.84 Å². The summed E-state index contributed by atoms with van der Waals surface area (Å²) in [4.78, 5) is 25.0. The lowest BCUT2D eigenvalue weighted by molar-refractivity contribution is -0.141. The van der Waals surface area contributed by atoms with E-state index in [1.807, 2.05) is 30.9 Å². The van der Waals surface area contributed by atoms with E-state index in [0.29, 0.717) is 12.8 Å². The van der Waals surface area contributed by atoms with Crippen LogP contribution in [0.4, 0.5) is 5.69 Å². The number of hydrogen-bond donors (Lipinski definition) is 2. The third-order valence-corrected chi connectivity index (χ3v) is 5.10. The van der Waals surface area contributed by atoms with E-state index in [9.17, 15) is 14.7 Å². The largest absolute Gasteiger partial charge is 0.480 e. The summed E-state index contributed by atoms with van der Waals surface area (Å²) in [5, 5.41) is 18.9. The third kappa shape index (κ3) is 5.34. The fourth-order valence-electron chi connectivity index (χ4n) is 3.63. The number of anilines is 1. The molecular formula is C22H29NO5. The molecule has 6 heteroatoms. The molecule has 1 saturated heterocycles. The van der Waals surface area contributed by atoms with Crippen LogP contribution in [-0.2, 0) is 19.9 Å². The van der Waals surface area contributed by atoms with E-state index >= 15 is 0 Å². The normalized spacial score (nSPS) is 17.2. The van der Waals surface area contributed by atoms with E-state index in [2.05, 4.69) is 11.8 Å². The van der Waals surface area contributed by atoms with Gasteiger partial charge in [0, 0.05) is 24.6 Å². The van der Waals surface area contributed by atoms with Crippen LogP contribution in [0.5, 0.6) is 0 Å². The van der Waals surface area contributed by atoms with Gasteiger partial charge < -0.3 is 19.8 Å². The number of amides is 1. The smallest absolute Gasteiger partial charge is 0.329 e. The number of benzene rings is 1. The first-order valence-electron chi connectivity index (χ1n) is 9.53. The Hall–Kier alpha value is -2.36. The number of nitrogens with zero attached hydrogens (tertiary/aromatic N) is 1. The van der Waals surface area contributed by atoms with Crippen molar-refractivity contribution in [2.75, 3.05) is 18.1 Å². The summed E-state index contributed by atoms with van der Waals surface area (Å²) in [6, 6.07) is 3.77. The van der Waals surface area contributed by atoms with Gasteiger partial charge in [0.05, 0.1) is 5.60 Å². The Balaban J connectivity index is 2.21. The minimum atomic E-state index is -1.02. The topological polar surface area (TPSA) is 87.1 Å². The van der Waals surface area contributed by atoms with Gasteiger partial charge in [-0.25, -0.2) is 4.79 Å². The zero-order chi connectivity index (χ0) is 20.9. The highest BCUT2D eigenvalue weighted by atomic mass is 16.5. The van der Waals surface area contributed by atoms with Crippen molar-refractivity contribution in [3.8, 4) is 11.8 Å². The number of hydrogen-bond acceptors (Lipinski definition) is 4. The standard InChI is InChI=1S/C22H29NO5/c1-15-16(2)19(12-11-18(15)22(3,4)27)23-17(9-7-10-20(23)24)8-5-6-13-28-14-21(25)26/h11-12,17,27H,7-10,13-14H2,1-4H3,(H,25,26). The van der Waals surface area contributed by atoms with Crippen LogP contribution in [0.1, 0.15) is 56.2 Å². The second-order valence-corrected chi connectivity index (χ2v) is 7.70. The molecule has 1 unspecified atom stereocenters. The molecule has 0 aromatic heterocycles. The highest BCUT2D eigenvalue weighted by molar-refractivity contribution is 5.95. The summed E-state index contributed by atoms with van der Waals surface area (Å²) < 4.78 is 4.92. The summed E-state index contributed by atoms with van der Waals surface area (Å²) in [7, 11) is 0. The van der Waals surface area contributed by atoms with Gasteiger partial charge in [-0.05, 0) is 63.3 Å². The molecule has 0 spiro atoms. The Morgan fingerprint density at radius 3 is 2.64 bits per heavy atom. The van der Waals surface area contributed by atoms with Crippen molar-refractivity contribution in [1.29, 1.82) is 0 Å². The highest BCUT2D eigenvalue weighted by Gasteiger charge is 2.31. The molecule has 2 N–H and O–H groups in total. The number of carboxylic acids is 1. The Morgan fingerprint density at radius 1 is 1.29 bits per heavy atom. The second-order valence-electron chi connectivity index (χ2n) is 7.70. The van der Waals surface area contributed by atoms with Crippen LogP contribution in [0.3, 0.4) is 0 Å². The summed E-state index contributed by atoms with van der Waals surface area (Å²) in [6.45, 7) is 7.15. The number of rotatable bonds is 6. The first-order chi connectivity index (χ1) is 13.1. The van der Waals surface area contributed by atoms with Crippen molar-refractivity contribution in [2.24, 2.45) is 0 Å². The molecule has 1 heterocycles. The predicted molar refractivity (Wildman–Crippen MR) is 107 cm³/mol. The second kappa shape index (κ2) is 9.22. The number of aliphatic carboxylic acids is 1. The van der Waals surface area contributed by atoms with Gasteiger partial charge in [0.2, 0.25) is 5.91 Å². The van der Waals surface area contributed by atoms with Crippen molar-refractivity contribution in [3.63, 3.8) is 0 Å². The van der Waals surface area contributed by atoms with Gasteiger partial charge in [0.15, 0.2) is 0 Å². The first-order valence-corrected chi connectivity index (χ1v) is 9.53. The number of carbonyl (C=O) groups excluding carboxylic acids is 1. The zero-order valence-corrected chi connectivity index (χ0v) is 17.0. The lowest BCUT2D eigenvalue weighted by Gasteiger charge is -2.37. The Labute approximate surface area is 166 Å². The maximum atomic E-state index is 12.7. The molecule has 1 fully saturated rings. The molecule has 1 aromatic carbocycles. The lowest BCUT2D eigenvalue weighted by Crippen LogP contribution is -2.44. The minimum absolute atomic E-state index is 0.0284. The average molecular weight is 387 g/mol. The molecule has 0 aliphatic carbocycles. The summed E-state index contributed by atoms with van der Waals surface area (Å²) >= 11 is 0. The summed E-state index contributed by atoms with van der Waals surface area (Å²) in [5.41, 5.74) is 2.74. The van der Waals surface area contributed by atoms with Crippen molar-refractivity contribution in [1.82, 2.24) is 0 Å². The highest BCUT2D eigenvalue weighted by Crippen LogP contribution is 2.35. The van der Waals surface area contributed by atoms with Gasteiger partial charge in [-0.2, -0.15) is 0 Å². The number of ether oxygens (including phenoxy) is 1. The van der Waals surface area contributed by atoms with Crippen LogP contribution >= 0.6 is 0 Å². The lowest BCUT2D eigenvalue weighted by atomic mass is 9.89. The molecule has 6 nitrogen and oxygen atoms in total. The zero-order valence-electron chi connectivity index (χ0n) is 17.0. The van der Waals surface area contributed by atoms with Crippen LogP contribution in [0.15, 0.2) is 12.1 Å². The van der Waals surface area contributed by atoms with Gasteiger partial charge in [-0.1, -0.05) is 17.9 Å². The van der Waals surface area contributed by atoms with Gasteiger partial charge in [-0.15, -0.1) is 0 Å². The molecule has 1 amide bonds. The number of carbonyl (C=O) groups is 2. The number of aliphatic hydroxyl groups is 1. The monoisotopic (exact) mass is 387 g/mol. The molecular weight excluding hydrogens is 358 g/mol. The molecule has 1 aromatic rings. The molecule has 0 bridgehead atoms. The quantitative estimate of drug-likeness (QED) is 0.579. The van der Waals surface area contributed by atoms with Crippen LogP contribution in [0.2, 0.25) is 0 Å². The van der Waals surface area contributed by atoms with Crippen LogP contribution < -0.4 is 4.90 Å². The fraction of sp³-hybridized carbons (Fsp3) is 0.545. The summed E-state index contributed by atoms with van der Waals surface area (Å²) in [5.74, 6) is 4.90. The van der Waals surface area contributed by atoms with E-state index < -0.39 is 11.6 Å². The average Bonchev–Trinajstić information content (AvgIpc) is 2.59. The number of piperidine rings is 1. The van der Waals surface area contributed by atoms with Crippen LogP contribution in [-0.4, -0.2) is 41.3 Å². The van der Waals surface area contributed by atoms with Crippen molar-refractivity contribution >= 4 is 17.6 Å². The molecule has 2 rings (SSSR count). The Kier molecular flexibility index (Phi) is 7.22. The van der Waals surface area contributed by atoms with Crippen molar-refractivity contribution in [3.05, 3.63) is 28.8 Å². The van der Waals surface area contributed by atoms with Gasteiger partial charge in [0.1, 0.15) is 13.2 Å². The summed E-state index contributed by atoms with van der Waals surface area (Å²) in [6.07, 6.45) is 2.71.